The van der Waals surface area contributed by atoms with E-state index in [1.165, 1.54) is 0 Å². The van der Waals surface area contributed by atoms with Crippen molar-refractivity contribution in [2.45, 2.75) is 55.4 Å². The molecule has 17 heavy (non-hydrogen) atoms. The molecule has 0 atom stereocenters. The Morgan fingerprint density at radius 1 is 0.647 bits per heavy atom. The lowest BCUT2D eigenvalue weighted by Crippen LogP contribution is -2.53. The van der Waals surface area contributed by atoms with Gasteiger partial charge in [-0.25, -0.2) is 0 Å². The molecule has 0 aliphatic rings. The molecule has 2 heteroatoms. The van der Waals surface area contributed by atoms with Gasteiger partial charge in [-0.2, -0.15) is 0 Å². The van der Waals surface area contributed by atoms with E-state index >= 15 is 0 Å². The second-order valence-corrected chi connectivity index (χ2v) is 6.86. The molecule has 0 amide bonds. The lowest BCUT2D eigenvalue weighted by molar-refractivity contribution is -0.140. The van der Waals surface area contributed by atoms with Crippen LogP contribution in [0.1, 0.15) is 55.4 Å². The van der Waals surface area contributed by atoms with Crippen LogP contribution in [-0.4, -0.2) is 26.4 Å². The molecular formula is C15H32O2. The molecular weight excluding hydrogens is 212 g/mol. The van der Waals surface area contributed by atoms with Crippen LogP contribution < -0.4 is 0 Å². The maximum absolute atomic E-state index is 5.77. The fraction of sp³-hybridized carbons (Fsp3) is 1.00. The summed E-state index contributed by atoms with van der Waals surface area (Å²) in [5, 5.41) is 0. The highest BCUT2D eigenvalue weighted by atomic mass is 16.5. The van der Waals surface area contributed by atoms with Crippen molar-refractivity contribution in [3.63, 3.8) is 0 Å². The number of hydrogen-bond donors (Lipinski definition) is 0. The maximum atomic E-state index is 5.77. The summed E-state index contributed by atoms with van der Waals surface area (Å²) < 4.78 is 11.5. The van der Waals surface area contributed by atoms with Crippen molar-refractivity contribution < 1.29 is 9.47 Å². The van der Waals surface area contributed by atoms with Gasteiger partial charge in [0.15, 0.2) is 0 Å². The molecule has 104 valence electrons. The normalized spacial score (nSPS) is 14.1. The molecule has 0 rings (SSSR count). The maximum Gasteiger partial charge on any atom is 0.0554 e. The SMILES string of the molecule is CCOCC(COCC)(C(C)(C)C)C(C)(C)C. The Kier molecular flexibility index (Phi) is 6.16. The second-order valence-electron chi connectivity index (χ2n) is 6.86. The molecule has 0 aromatic carbocycles. The Balaban J connectivity index is 5.22. The van der Waals surface area contributed by atoms with Gasteiger partial charge in [0.1, 0.15) is 0 Å². The molecule has 0 aliphatic carbocycles. The first-order valence-corrected chi connectivity index (χ1v) is 6.78. The predicted molar refractivity (Wildman–Crippen MR) is 74.3 cm³/mol. The fourth-order valence-corrected chi connectivity index (χ4v) is 2.59. The van der Waals surface area contributed by atoms with E-state index in [9.17, 15) is 0 Å². The van der Waals surface area contributed by atoms with E-state index in [0.29, 0.717) is 0 Å². The van der Waals surface area contributed by atoms with Crippen LogP contribution in [0.5, 0.6) is 0 Å². The average molecular weight is 244 g/mol. The van der Waals surface area contributed by atoms with Crippen LogP contribution in [0.4, 0.5) is 0 Å². The quantitative estimate of drug-likeness (QED) is 0.699. The van der Waals surface area contributed by atoms with Gasteiger partial charge in [-0.1, -0.05) is 41.5 Å². The van der Waals surface area contributed by atoms with Crippen LogP contribution in [0.25, 0.3) is 0 Å². The van der Waals surface area contributed by atoms with E-state index in [-0.39, 0.29) is 16.2 Å². The van der Waals surface area contributed by atoms with Gasteiger partial charge in [0.2, 0.25) is 0 Å². The van der Waals surface area contributed by atoms with E-state index in [4.69, 9.17) is 9.47 Å². The Morgan fingerprint density at radius 2 is 0.941 bits per heavy atom. The summed E-state index contributed by atoms with van der Waals surface area (Å²) >= 11 is 0. The molecule has 0 aromatic heterocycles. The summed E-state index contributed by atoms with van der Waals surface area (Å²) in [5.41, 5.74) is 0.331. The highest BCUT2D eigenvalue weighted by Crippen LogP contribution is 2.51. The average Bonchev–Trinajstić information content (AvgIpc) is 2.14. The molecule has 0 aromatic rings. The molecule has 0 saturated carbocycles. The standard InChI is InChI=1S/C15H32O2/c1-9-16-11-15(12-17-10-2,13(3,4)5)14(6,7)8/h9-12H2,1-8H3. The van der Waals surface area contributed by atoms with Crippen molar-refractivity contribution in [2.24, 2.45) is 16.2 Å². The third-order valence-corrected chi connectivity index (χ3v) is 3.98. The zero-order chi connectivity index (χ0) is 13.7. The number of ether oxygens (including phenoxy) is 2. The van der Waals surface area contributed by atoms with E-state index in [0.717, 1.165) is 26.4 Å². The minimum Gasteiger partial charge on any atom is -0.381 e. The molecule has 0 bridgehead atoms. The van der Waals surface area contributed by atoms with E-state index in [1.807, 2.05) is 0 Å². The Morgan fingerprint density at radius 3 is 1.12 bits per heavy atom. The number of rotatable bonds is 6. The smallest absolute Gasteiger partial charge is 0.0554 e. The molecule has 0 radical (unpaired) electrons. The number of hydrogen-bond acceptors (Lipinski definition) is 2. The van der Waals surface area contributed by atoms with Gasteiger partial charge in [-0.05, 0) is 24.7 Å². The van der Waals surface area contributed by atoms with Gasteiger partial charge in [0, 0.05) is 18.6 Å². The highest BCUT2D eigenvalue weighted by molar-refractivity contribution is 4.98. The van der Waals surface area contributed by atoms with Gasteiger partial charge < -0.3 is 9.47 Å². The van der Waals surface area contributed by atoms with Crippen LogP contribution in [0.3, 0.4) is 0 Å². The zero-order valence-corrected chi connectivity index (χ0v) is 13.1. The van der Waals surface area contributed by atoms with Crippen LogP contribution in [0.2, 0.25) is 0 Å². The fourth-order valence-electron chi connectivity index (χ4n) is 2.59. The Bertz CT molecular complexity index is 184. The third kappa shape index (κ3) is 3.96. The third-order valence-electron chi connectivity index (χ3n) is 3.98. The van der Waals surface area contributed by atoms with E-state index in [1.54, 1.807) is 0 Å². The highest BCUT2D eigenvalue weighted by Gasteiger charge is 2.50. The summed E-state index contributed by atoms with van der Waals surface area (Å²) in [5.74, 6) is 0. The van der Waals surface area contributed by atoms with Crippen LogP contribution in [0, 0.1) is 16.2 Å². The first-order chi connectivity index (χ1) is 7.62. The molecule has 0 N–H and O–H groups in total. The van der Waals surface area contributed by atoms with E-state index < -0.39 is 0 Å². The predicted octanol–water partition coefficient (Wildman–Crippen LogP) is 4.14. The lowest BCUT2D eigenvalue weighted by atomic mass is 9.55. The van der Waals surface area contributed by atoms with Crippen molar-refractivity contribution in [1.29, 1.82) is 0 Å². The Hall–Kier alpha value is -0.0800. The van der Waals surface area contributed by atoms with Crippen LogP contribution >= 0.6 is 0 Å². The summed E-state index contributed by atoms with van der Waals surface area (Å²) in [6.45, 7) is 20.9. The molecule has 0 fully saturated rings. The lowest BCUT2D eigenvalue weighted by Gasteiger charge is -2.53. The largest absolute Gasteiger partial charge is 0.381 e. The van der Waals surface area contributed by atoms with Gasteiger partial charge in [-0.3, -0.25) is 0 Å². The summed E-state index contributed by atoms with van der Waals surface area (Å²) in [6.07, 6.45) is 0. The first kappa shape index (κ1) is 16.9. The van der Waals surface area contributed by atoms with Gasteiger partial charge in [0.25, 0.3) is 0 Å². The van der Waals surface area contributed by atoms with Crippen molar-refractivity contribution in [3.8, 4) is 0 Å². The summed E-state index contributed by atoms with van der Waals surface area (Å²) in [6, 6.07) is 0. The monoisotopic (exact) mass is 244 g/mol. The zero-order valence-electron chi connectivity index (χ0n) is 13.1. The topological polar surface area (TPSA) is 18.5 Å². The molecule has 0 aliphatic heterocycles. The summed E-state index contributed by atoms with van der Waals surface area (Å²) in [4.78, 5) is 0. The van der Waals surface area contributed by atoms with Crippen LogP contribution in [-0.2, 0) is 9.47 Å². The Labute approximate surface area is 108 Å². The molecule has 0 saturated heterocycles. The van der Waals surface area contributed by atoms with Crippen molar-refractivity contribution >= 4 is 0 Å². The van der Waals surface area contributed by atoms with Crippen LogP contribution in [0.15, 0.2) is 0 Å². The second kappa shape index (κ2) is 6.19. The van der Waals surface area contributed by atoms with Crippen molar-refractivity contribution in [3.05, 3.63) is 0 Å². The minimum absolute atomic E-state index is 0.0337. The minimum atomic E-state index is 0.0337. The van der Waals surface area contributed by atoms with Crippen molar-refractivity contribution in [1.82, 2.24) is 0 Å². The molecule has 0 unspecified atom stereocenters. The molecule has 2 nitrogen and oxygen atoms in total. The molecule has 0 spiro atoms. The first-order valence-electron chi connectivity index (χ1n) is 6.78. The summed E-state index contributed by atoms with van der Waals surface area (Å²) in [7, 11) is 0. The van der Waals surface area contributed by atoms with Gasteiger partial charge in [-0.15, -0.1) is 0 Å². The van der Waals surface area contributed by atoms with Gasteiger partial charge >= 0.3 is 0 Å². The van der Waals surface area contributed by atoms with Crippen molar-refractivity contribution in [2.75, 3.05) is 26.4 Å². The molecule has 0 heterocycles. The van der Waals surface area contributed by atoms with E-state index in [2.05, 4.69) is 55.4 Å². The van der Waals surface area contributed by atoms with Gasteiger partial charge in [0.05, 0.1) is 13.2 Å².